The molecule has 6 nitrogen and oxygen atoms in total. The lowest BCUT2D eigenvalue weighted by atomic mass is 10.1. The molecule has 3 aromatic heterocycles. The minimum Gasteiger partial charge on any atom is -0.435 e. The Balaban J connectivity index is 1.52. The van der Waals surface area contributed by atoms with Crippen molar-refractivity contribution in [3.8, 4) is 28.6 Å². The molecule has 26 heavy (non-hydrogen) atoms. The van der Waals surface area contributed by atoms with Gasteiger partial charge in [0.15, 0.2) is 0 Å². The summed E-state index contributed by atoms with van der Waals surface area (Å²) >= 11 is 0. The van der Waals surface area contributed by atoms with E-state index in [0.717, 1.165) is 16.8 Å². The molecule has 0 fully saturated rings. The molecule has 0 saturated heterocycles. The van der Waals surface area contributed by atoms with Gasteiger partial charge in [-0.2, -0.15) is 8.78 Å². The molecule has 0 unspecified atom stereocenters. The molecule has 0 radical (unpaired) electrons. The monoisotopic (exact) mass is 354 g/mol. The van der Waals surface area contributed by atoms with Crippen LogP contribution >= 0.6 is 0 Å². The summed E-state index contributed by atoms with van der Waals surface area (Å²) < 4.78 is 36.3. The molecule has 4 aromatic rings. The van der Waals surface area contributed by atoms with E-state index in [1.54, 1.807) is 30.7 Å². The highest BCUT2D eigenvalue weighted by Crippen LogP contribution is 2.25. The van der Waals surface area contributed by atoms with Crippen molar-refractivity contribution in [2.45, 2.75) is 6.61 Å². The van der Waals surface area contributed by atoms with Crippen LogP contribution in [0, 0.1) is 0 Å². The quantitative estimate of drug-likeness (QED) is 0.538. The van der Waals surface area contributed by atoms with Crippen molar-refractivity contribution in [3.63, 3.8) is 0 Å². The number of pyridine rings is 1. The molecule has 0 aliphatic carbocycles. The molecule has 0 amide bonds. The predicted octanol–water partition coefficient (Wildman–Crippen LogP) is 4.19. The maximum Gasteiger partial charge on any atom is 0.387 e. The largest absolute Gasteiger partial charge is 0.435 e. The first-order valence-corrected chi connectivity index (χ1v) is 7.65. The van der Waals surface area contributed by atoms with Crippen LogP contribution in [0.15, 0.2) is 67.4 Å². The molecule has 0 atom stereocenters. The highest BCUT2D eigenvalue weighted by atomic mass is 19.3. The summed E-state index contributed by atoms with van der Waals surface area (Å²) in [5.41, 5.74) is 2.58. The molecular formula is C18H12F2N4O2. The number of rotatable bonds is 5. The van der Waals surface area contributed by atoms with Crippen molar-refractivity contribution in [3.05, 3.63) is 67.4 Å². The van der Waals surface area contributed by atoms with Crippen molar-refractivity contribution in [1.82, 2.24) is 19.4 Å². The Hall–Kier alpha value is -3.55. The van der Waals surface area contributed by atoms with Gasteiger partial charge < -0.3 is 13.9 Å². The van der Waals surface area contributed by atoms with Gasteiger partial charge in [-0.1, -0.05) is 6.07 Å². The second kappa shape index (κ2) is 6.75. The summed E-state index contributed by atoms with van der Waals surface area (Å²) in [6.45, 7) is -2.89. The van der Waals surface area contributed by atoms with Gasteiger partial charge in [0.25, 0.3) is 0 Å². The van der Waals surface area contributed by atoms with E-state index < -0.39 is 6.61 Å². The molecule has 0 N–H and O–H groups in total. The fourth-order valence-electron chi connectivity index (χ4n) is 2.43. The van der Waals surface area contributed by atoms with Crippen molar-refractivity contribution >= 4 is 5.65 Å². The van der Waals surface area contributed by atoms with E-state index >= 15 is 0 Å². The lowest BCUT2D eigenvalue weighted by molar-refractivity contribution is -0.0499. The third-order valence-electron chi connectivity index (χ3n) is 3.59. The minimum absolute atomic E-state index is 0.00255. The molecule has 8 heteroatoms. The average Bonchev–Trinajstić information content (AvgIpc) is 3.10. The van der Waals surface area contributed by atoms with Crippen LogP contribution in [0.5, 0.6) is 17.5 Å². The second-order valence-electron chi connectivity index (χ2n) is 5.32. The number of halogens is 2. The molecule has 0 saturated carbocycles. The second-order valence-corrected chi connectivity index (χ2v) is 5.32. The highest BCUT2D eigenvalue weighted by molar-refractivity contribution is 5.63. The molecule has 0 aliphatic rings. The van der Waals surface area contributed by atoms with E-state index in [-0.39, 0.29) is 11.8 Å². The first kappa shape index (κ1) is 15.9. The zero-order valence-electron chi connectivity index (χ0n) is 13.3. The Bertz CT molecular complexity index is 1030. The molecule has 0 spiro atoms. The van der Waals surface area contributed by atoms with Crippen molar-refractivity contribution in [2.24, 2.45) is 0 Å². The zero-order valence-corrected chi connectivity index (χ0v) is 13.3. The Morgan fingerprint density at radius 3 is 2.54 bits per heavy atom. The van der Waals surface area contributed by atoms with Gasteiger partial charge in [-0.05, 0) is 24.3 Å². The van der Waals surface area contributed by atoms with E-state index in [1.165, 1.54) is 12.1 Å². The SMILES string of the molecule is FC(F)Oc1cccc(Oc2ncc(-c3ccc4nccn4c3)cn2)c1. The number of aromatic nitrogens is 4. The molecule has 3 heterocycles. The standard InChI is InChI=1S/C18H12F2N4O2/c19-17(20)25-14-2-1-3-15(8-14)26-18-22-9-13(10-23-18)12-4-5-16-21-6-7-24(16)11-12/h1-11,17H. The van der Waals surface area contributed by atoms with Crippen LogP contribution in [0.25, 0.3) is 16.8 Å². The smallest absolute Gasteiger partial charge is 0.387 e. The Kier molecular flexibility index (Phi) is 4.14. The summed E-state index contributed by atoms with van der Waals surface area (Å²) in [6, 6.07) is 9.82. The number of nitrogens with zero attached hydrogens (tertiary/aromatic N) is 4. The molecular weight excluding hydrogens is 342 g/mol. The van der Waals surface area contributed by atoms with Crippen LogP contribution in [0.1, 0.15) is 0 Å². The normalized spacial score (nSPS) is 11.0. The van der Waals surface area contributed by atoms with Crippen LogP contribution in [0.4, 0.5) is 8.78 Å². The molecule has 130 valence electrons. The Morgan fingerprint density at radius 1 is 0.923 bits per heavy atom. The van der Waals surface area contributed by atoms with E-state index in [4.69, 9.17) is 4.74 Å². The van der Waals surface area contributed by atoms with Crippen molar-refractivity contribution in [2.75, 3.05) is 0 Å². The minimum atomic E-state index is -2.89. The van der Waals surface area contributed by atoms with Crippen LogP contribution in [-0.4, -0.2) is 26.0 Å². The number of benzene rings is 1. The fraction of sp³-hybridized carbons (Fsp3) is 0.0556. The summed E-state index contributed by atoms with van der Waals surface area (Å²) in [7, 11) is 0. The van der Waals surface area contributed by atoms with Gasteiger partial charge in [-0.25, -0.2) is 15.0 Å². The Labute approximate surface area is 146 Å². The number of fused-ring (bicyclic) bond motifs is 1. The molecule has 0 aliphatic heterocycles. The molecule has 4 rings (SSSR count). The summed E-state index contributed by atoms with van der Waals surface area (Å²) in [5.74, 6) is 0.304. The average molecular weight is 354 g/mol. The van der Waals surface area contributed by atoms with Crippen LogP contribution in [-0.2, 0) is 0 Å². The first-order valence-electron chi connectivity index (χ1n) is 7.65. The topological polar surface area (TPSA) is 61.5 Å². The summed E-state index contributed by atoms with van der Waals surface area (Å²) in [5, 5.41) is 0. The third-order valence-corrected chi connectivity index (χ3v) is 3.59. The summed E-state index contributed by atoms with van der Waals surface area (Å²) in [6.07, 6.45) is 8.75. The first-order chi connectivity index (χ1) is 12.7. The van der Waals surface area contributed by atoms with E-state index in [9.17, 15) is 8.78 Å². The van der Waals surface area contributed by atoms with E-state index in [0.29, 0.717) is 5.75 Å². The van der Waals surface area contributed by atoms with Gasteiger partial charge in [0, 0.05) is 48.2 Å². The summed E-state index contributed by atoms with van der Waals surface area (Å²) in [4.78, 5) is 12.5. The van der Waals surface area contributed by atoms with Gasteiger partial charge in [-0.3, -0.25) is 0 Å². The number of imidazole rings is 1. The van der Waals surface area contributed by atoms with Crippen LogP contribution < -0.4 is 9.47 Å². The van der Waals surface area contributed by atoms with Gasteiger partial charge in [0.2, 0.25) is 0 Å². The number of hydrogen-bond donors (Lipinski definition) is 0. The Morgan fingerprint density at radius 2 is 1.73 bits per heavy atom. The van der Waals surface area contributed by atoms with Gasteiger partial charge in [0.1, 0.15) is 17.1 Å². The van der Waals surface area contributed by atoms with E-state index in [2.05, 4.69) is 19.7 Å². The van der Waals surface area contributed by atoms with Crippen molar-refractivity contribution in [1.29, 1.82) is 0 Å². The highest BCUT2D eigenvalue weighted by Gasteiger charge is 2.07. The van der Waals surface area contributed by atoms with Gasteiger partial charge in [-0.15, -0.1) is 0 Å². The van der Waals surface area contributed by atoms with Crippen LogP contribution in [0.2, 0.25) is 0 Å². The maximum absolute atomic E-state index is 12.3. The van der Waals surface area contributed by atoms with E-state index in [1.807, 2.05) is 28.9 Å². The maximum atomic E-state index is 12.3. The number of alkyl halides is 2. The number of hydrogen-bond acceptors (Lipinski definition) is 5. The van der Waals surface area contributed by atoms with Crippen LogP contribution in [0.3, 0.4) is 0 Å². The number of ether oxygens (including phenoxy) is 2. The fourth-order valence-corrected chi connectivity index (χ4v) is 2.43. The molecule has 1 aromatic carbocycles. The molecule has 0 bridgehead atoms. The van der Waals surface area contributed by atoms with Crippen molar-refractivity contribution < 1.29 is 18.3 Å². The third kappa shape index (κ3) is 3.44. The lowest BCUT2D eigenvalue weighted by Crippen LogP contribution is -2.01. The lowest BCUT2D eigenvalue weighted by Gasteiger charge is -2.08. The zero-order chi connectivity index (χ0) is 17.9. The van der Waals surface area contributed by atoms with Gasteiger partial charge >= 0.3 is 12.6 Å². The predicted molar refractivity (Wildman–Crippen MR) is 89.4 cm³/mol. The van der Waals surface area contributed by atoms with Gasteiger partial charge in [0.05, 0.1) is 0 Å².